The molecule has 25 heavy (non-hydrogen) atoms. The lowest BCUT2D eigenvalue weighted by Gasteiger charge is -2.33. The van der Waals surface area contributed by atoms with Crippen LogP contribution in [0.3, 0.4) is 0 Å². The Labute approximate surface area is 158 Å². The Bertz CT molecular complexity index is 1020. The molecule has 1 atom stereocenters. The Morgan fingerprint density at radius 3 is 2.80 bits per heavy atom. The van der Waals surface area contributed by atoms with Gasteiger partial charge in [0.2, 0.25) is 16.0 Å². The molecule has 0 saturated heterocycles. The van der Waals surface area contributed by atoms with Crippen molar-refractivity contribution in [3.05, 3.63) is 45.2 Å². The van der Waals surface area contributed by atoms with Gasteiger partial charge in [-0.1, -0.05) is 12.1 Å². The molecule has 0 saturated carbocycles. The summed E-state index contributed by atoms with van der Waals surface area (Å²) in [6.45, 7) is 1.76. The first-order valence-electron chi connectivity index (χ1n) is 7.28. The lowest BCUT2D eigenvalue weighted by Crippen LogP contribution is -2.50. The van der Waals surface area contributed by atoms with Crippen molar-refractivity contribution in [2.45, 2.75) is 12.5 Å². The summed E-state index contributed by atoms with van der Waals surface area (Å²) >= 11 is 4.96. The van der Waals surface area contributed by atoms with Crippen LogP contribution in [0.15, 0.2) is 39.8 Å². The highest BCUT2D eigenvalue weighted by Crippen LogP contribution is 2.44. The molecular weight excluding hydrogens is 424 g/mol. The quantitative estimate of drug-likeness (QED) is 0.778. The minimum Gasteiger partial charge on any atom is -0.369 e. The molecule has 1 aromatic carbocycles. The van der Waals surface area contributed by atoms with Crippen LogP contribution < -0.4 is 5.73 Å². The molecule has 0 fully saturated rings. The van der Waals surface area contributed by atoms with Gasteiger partial charge in [0.1, 0.15) is 5.54 Å². The second-order valence-corrected chi connectivity index (χ2v) is 9.85. The first-order chi connectivity index (χ1) is 11.7. The minimum atomic E-state index is -3.53. The van der Waals surface area contributed by atoms with E-state index >= 15 is 0 Å². The van der Waals surface area contributed by atoms with Crippen LogP contribution in [0.5, 0.6) is 0 Å². The monoisotopic (exact) mass is 438 g/mol. The number of thiophene rings is 1. The van der Waals surface area contributed by atoms with Crippen LogP contribution in [0.1, 0.15) is 17.4 Å². The van der Waals surface area contributed by atoms with Gasteiger partial charge in [-0.05, 0) is 46.6 Å². The van der Waals surface area contributed by atoms with E-state index in [9.17, 15) is 8.42 Å². The second-order valence-electron chi connectivity index (χ2n) is 5.95. The number of nitriles is 1. The van der Waals surface area contributed by atoms with E-state index in [1.54, 1.807) is 19.1 Å². The molecule has 0 bridgehead atoms. The van der Waals surface area contributed by atoms with Gasteiger partial charge < -0.3 is 5.73 Å². The predicted molar refractivity (Wildman–Crippen MR) is 103 cm³/mol. The average molecular weight is 439 g/mol. The molecule has 2 aromatic rings. The molecule has 6 nitrogen and oxygen atoms in total. The first-order valence-corrected chi connectivity index (χ1v) is 10.5. The highest BCUT2D eigenvalue weighted by atomic mass is 79.9. The van der Waals surface area contributed by atoms with Crippen molar-refractivity contribution in [2.75, 3.05) is 12.8 Å². The van der Waals surface area contributed by atoms with Crippen molar-refractivity contribution in [2.24, 2.45) is 10.7 Å². The van der Waals surface area contributed by atoms with E-state index in [1.807, 2.05) is 18.2 Å². The smallest absolute Gasteiger partial charge is 0.239 e. The highest BCUT2D eigenvalue weighted by Gasteiger charge is 2.42. The molecule has 2 N–H and O–H groups in total. The Morgan fingerprint density at radius 2 is 2.16 bits per heavy atom. The molecular formula is C16H15BrN4O2S2. The Hall–Kier alpha value is -1.89. The van der Waals surface area contributed by atoms with Gasteiger partial charge in [0.25, 0.3) is 0 Å². The standard InChI is InChI=1S/C16H15BrN4O2S2/c1-16(9-25(22,23)21(2)15(19)20-16)14-12(17)7-13(24-14)11-5-3-4-10(6-11)8-18/h3-7H,9H2,1-2H3,(H2,19,20)/t16-/m0/s1. The number of benzene rings is 1. The molecule has 2 heterocycles. The van der Waals surface area contributed by atoms with E-state index in [-0.39, 0.29) is 11.7 Å². The third-order valence-corrected chi connectivity index (χ3v) is 8.29. The largest absolute Gasteiger partial charge is 0.369 e. The fourth-order valence-electron chi connectivity index (χ4n) is 2.69. The molecule has 1 aliphatic rings. The first kappa shape index (κ1) is 17.9. The maximum absolute atomic E-state index is 12.4. The van der Waals surface area contributed by atoms with Crippen LogP contribution in [0.2, 0.25) is 0 Å². The Kier molecular flexibility index (Phi) is 4.39. The summed E-state index contributed by atoms with van der Waals surface area (Å²) in [5, 5.41) is 9.07. The third-order valence-electron chi connectivity index (χ3n) is 4.02. The highest BCUT2D eigenvalue weighted by molar-refractivity contribution is 9.10. The number of nitrogens with zero attached hydrogens (tertiary/aromatic N) is 3. The van der Waals surface area contributed by atoms with E-state index < -0.39 is 15.6 Å². The molecule has 0 aliphatic carbocycles. The number of nitrogens with two attached hydrogens (primary N) is 1. The zero-order valence-corrected chi connectivity index (χ0v) is 16.7. The summed E-state index contributed by atoms with van der Waals surface area (Å²) in [6.07, 6.45) is 0. The number of rotatable bonds is 2. The SMILES string of the molecule is CN1C(N)=N[C@](C)(c2sc(-c3cccc(C#N)c3)cc2Br)CS1(=O)=O. The Balaban J connectivity index is 2.11. The fourth-order valence-corrected chi connectivity index (χ4v) is 6.40. The van der Waals surface area contributed by atoms with Gasteiger partial charge in [-0.3, -0.25) is 0 Å². The van der Waals surface area contributed by atoms with E-state index in [0.29, 0.717) is 5.56 Å². The lowest BCUT2D eigenvalue weighted by atomic mass is 10.0. The van der Waals surface area contributed by atoms with Crippen molar-refractivity contribution >= 4 is 43.2 Å². The van der Waals surface area contributed by atoms with Crippen molar-refractivity contribution in [1.29, 1.82) is 5.26 Å². The normalized spacial score (nSPS) is 22.3. The van der Waals surface area contributed by atoms with E-state index in [1.165, 1.54) is 18.4 Å². The van der Waals surface area contributed by atoms with Gasteiger partial charge in [0, 0.05) is 21.3 Å². The van der Waals surface area contributed by atoms with Gasteiger partial charge in [-0.25, -0.2) is 17.7 Å². The fraction of sp³-hybridized carbons (Fsp3) is 0.250. The van der Waals surface area contributed by atoms with Crippen LogP contribution in [0, 0.1) is 11.3 Å². The number of hydrogen-bond acceptors (Lipinski definition) is 6. The van der Waals surface area contributed by atoms with Gasteiger partial charge in [-0.15, -0.1) is 11.3 Å². The molecule has 1 aromatic heterocycles. The zero-order chi connectivity index (χ0) is 18.4. The summed E-state index contributed by atoms with van der Waals surface area (Å²) in [7, 11) is -2.13. The van der Waals surface area contributed by atoms with Crippen LogP contribution in [-0.2, 0) is 15.6 Å². The van der Waals surface area contributed by atoms with Crippen LogP contribution in [0.25, 0.3) is 10.4 Å². The van der Waals surface area contributed by atoms with Gasteiger partial charge in [-0.2, -0.15) is 5.26 Å². The van der Waals surface area contributed by atoms with E-state index in [2.05, 4.69) is 27.0 Å². The summed E-state index contributed by atoms with van der Waals surface area (Å²) in [5.41, 5.74) is 6.32. The zero-order valence-electron chi connectivity index (χ0n) is 13.5. The molecule has 9 heteroatoms. The summed E-state index contributed by atoms with van der Waals surface area (Å²) in [4.78, 5) is 6.14. The van der Waals surface area contributed by atoms with Crippen molar-refractivity contribution in [3.63, 3.8) is 0 Å². The number of halogens is 1. The molecule has 1 aliphatic heterocycles. The number of sulfonamides is 1. The topological polar surface area (TPSA) is 99.5 Å². The van der Waals surface area contributed by atoms with Crippen LogP contribution in [-0.4, -0.2) is 31.5 Å². The summed E-state index contributed by atoms with van der Waals surface area (Å²) in [5.74, 6) is -0.185. The third kappa shape index (κ3) is 3.17. The lowest BCUT2D eigenvalue weighted by molar-refractivity contribution is 0.481. The Morgan fingerprint density at radius 1 is 1.44 bits per heavy atom. The maximum Gasteiger partial charge on any atom is 0.239 e. The van der Waals surface area contributed by atoms with Crippen LogP contribution in [0.4, 0.5) is 0 Å². The van der Waals surface area contributed by atoms with Gasteiger partial charge >= 0.3 is 0 Å². The van der Waals surface area contributed by atoms with E-state index in [0.717, 1.165) is 24.1 Å². The number of guanidine groups is 1. The van der Waals surface area contributed by atoms with Crippen molar-refractivity contribution in [3.8, 4) is 16.5 Å². The molecule has 130 valence electrons. The predicted octanol–water partition coefficient (Wildman–Crippen LogP) is 2.85. The van der Waals surface area contributed by atoms with E-state index in [4.69, 9.17) is 11.0 Å². The molecule has 0 radical (unpaired) electrons. The van der Waals surface area contributed by atoms with Crippen LogP contribution >= 0.6 is 27.3 Å². The molecule has 0 amide bonds. The number of aliphatic imine (C=N–C) groups is 1. The van der Waals surface area contributed by atoms with Crippen molar-refractivity contribution in [1.82, 2.24) is 4.31 Å². The van der Waals surface area contributed by atoms with Gasteiger partial charge in [0.15, 0.2) is 0 Å². The van der Waals surface area contributed by atoms with Gasteiger partial charge in [0.05, 0.1) is 17.4 Å². The summed E-state index contributed by atoms with van der Waals surface area (Å²) < 4.78 is 26.5. The molecule has 3 rings (SSSR count). The van der Waals surface area contributed by atoms with Crippen molar-refractivity contribution < 1.29 is 8.42 Å². The second kappa shape index (κ2) is 6.12. The number of hydrogen-bond donors (Lipinski definition) is 1. The average Bonchev–Trinajstić information content (AvgIpc) is 2.95. The minimum absolute atomic E-state index is 0.0259. The molecule has 0 unspecified atom stereocenters. The molecule has 0 spiro atoms. The summed E-state index contributed by atoms with van der Waals surface area (Å²) in [6, 6.07) is 11.3. The maximum atomic E-state index is 12.4.